The number of anilines is 1. The van der Waals surface area contributed by atoms with Crippen molar-refractivity contribution < 1.29 is 22.4 Å². The van der Waals surface area contributed by atoms with Gasteiger partial charge in [0, 0.05) is 31.7 Å². The van der Waals surface area contributed by atoms with Gasteiger partial charge in [-0.3, -0.25) is 4.79 Å². The molecule has 3 rings (SSSR count). The molecule has 9 heteroatoms. The molecule has 1 aromatic heterocycles. The molecule has 0 unspecified atom stereocenters. The van der Waals surface area contributed by atoms with Gasteiger partial charge in [-0.2, -0.15) is 13.2 Å². The van der Waals surface area contributed by atoms with Gasteiger partial charge in [0.25, 0.3) is 0 Å². The third-order valence-electron chi connectivity index (χ3n) is 5.59. The highest BCUT2D eigenvalue weighted by molar-refractivity contribution is 5.79. The lowest BCUT2D eigenvalue weighted by molar-refractivity contribution is -0.137. The molecule has 1 aromatic carbocycles. The Balaban J connectivity index is 1.53. The van der Waals surface area contributed by atoms with E-state index >= 15 is 0 Å². The number of likely N-dealkylation sites (N-methyl/N-ethyl adjacent to an activating group) is 1. The van der Waals surface area contributed by atoms with Crippen molar-refractivity contribution in [2.45, 2.75) is 25.1 Å². The predicted octanol–water partition coefficient (Wildman–Crippen LogP) is 3.88. The summed E-state index contributed by atoms with van der Waals surface area (Å²) in [4.78, 5) is 20.4. The molecular formula is C22H26F4N4O. The van der Waals surface area contributed by atoms with Crippen LogP contribution in [-0.2, 0) is 11.0 Å². The zero-order valence-electron chi connectivity index (χ0n) is 17.5. The van der Waals surface area contributed by atoms with Crippen molar-refractivity contribution in [1.29, 1.82) is 0 Å². The third kappa shape index (κ3) is 5.94. The summed E-state index contributed by atoms with van der Waals surface area (Å²) in [6.07, 6.45) is -2.41. The minimum Gasteiger partial charge on any atom is -0.357 e. The number of hydrogen-bond acceptors (Lipinski definition) is 4. The van der Waals surface area contributed by atoms with Crippen LogP contribution in [0, 0.1) is 11.7 Å². The van der Waals surface area contributed by atoms with Crippen LogP contribution in [0.2, 0.25) is 0 Å². The Morgan fingerprint density at radius 2 is 1.94 bits per heavy atom. The molecule has 168 valence electrons. The molecule has 1 N–H and O–H groups in total. The van der Waals surface area contributed by atoms with Crippen LogP contribution in [0.1, 0.15) is 30.0 Å². The SMILES string of the molecule is CN(C)[C@H](CNC(=O)C1CCN(c2ccc(C(F)(F)F)cn2)CC1)c1cccc(F)c1. The fraction of sp³-hybridized carbons (Fsp3) is 0.455. The van der Waals surface area contributed by atoms with E-state index in [2.05, 4.69) is 10.3 Å². The van der Waals surface area contributed by atoms with E-state index in [1.54, 1.807) is 6.07 Å². The van der Waals surface area contributed by atoms with Crippen molar-refractivity contribution in [2.75, 3.05) is 38.6 Å². The first-order valence-corrected chi connectivity index (χ1v) is 10.1. The summed E-state index contributed by atoms with van der Waals surface area (Å²) in [7, 11) is 3.74. The van der Waals surface area contributed by atoms with E-state index in [0.717, 1.165) is 17.8 Å². The number of halogens is 4. The molecule has 5 nitrogen and oxygen atoms in total. The van der Waals surface area contributed by atoms with Crippen LogP contribution in [0.3, 0.4) is 0 Å². The Bertz CT molecular complexity index is 878. The predicted molar refractivity (Wildman–Crippen MR) is 110 cm³/mol. The number of rotatable bonds is 6. The molecule has 1 saturated heterocycles. The average Bonchev–Trinajstić information content (AvgIpc) is 2.73. The van der Waals surface area contributed by atoms with E-state index in [1.807, 2.05) is 30.0 Å². The minimum atomic E-state index is -4.41. The molecular weight excluding hydrogens is 412 g/mol. The van der Waals surface area contributed by atoms with Crippen LogP contribution in [-0.4, -0.2) is 49.5 Å². The van der Waals surface area contributed by atoms with Crippen LogP contribution >= 0.6 is 0 Å². The van der Waals surface area contributed by atoms with Crippen molar-refractivity contribution in [3.05, 3.63) is 59.5 Å². The number of alkyl halides is 3. The number of carbonyl (C=O) groups is 1. The van der Waals surface area contributed by atoms with Crippen LogP contribution in [0.15, 0.2) is 42.6 Å². The molecule has 1 fully saturated rings. The lowest BCUT2D eigenvalue weighted by Gasteiger charge is -2.33. The summed E-state index contributed by atoms with van der Waals surface area (Å²) in [6.45, 7) is 1.44. The van der Waals surface area contributed by atoms with Gasteiger partial charge in [-0.05, 0) is 56.8 Å². The Hall–Kier alpha value is -2.68. The molecule has 1 atom stereocenters. The monoisotopic (exact) mass is 438 g/mol. The fourth-order valence-electron chi connectivity index (χ4n) is 3.77. The molecule has 2 heterocycles. The van der Waals surface area contributed by atoms with Gasteiger partial charge in [-0.15, -0.1) is 0 Å². The molecule has 2 aromatic rings. The quantitative estimate of drug-likeness (QED) is 0.696. The highest BCUT2D eigenvalue weighted by Gasteiger charge is 2.31. The summed E-state index contributed by atoms with van der Waals surface area (Å²) < 4.78 is 51.6. The van der Waals surface area contributed by atoms with Gasteiger partial charge in [0.05, 0.1) is 11.6 Å². The molecule has 1 aliphatic heterocycles. The molecule has 1 amide bonds. The number of benzene rings is 1. The smallest absolute Gasteiger partial charge is 0.357 e. The second-order valence-electron chi connectivity index (χ2n) is 7.94. The largest absolute Gasteiger partial charge is 0.417 e. The van der Waals surface area contributed by atoms with Crippen LogP contribution in [0.25, 0.3) is 0 Å². The van der Waals surface area contributed by atoms with Crippen molar-refractivity contribution >= 4 is 11.7 Å². The zero-order chi connectivity index (χ0) is 22.6. The summed E-state index contributed by atoms with van der Waals surface area (Å²) in [6, 6.07) is 8.55. The van der Waals surface area contributed by atoms with Crippen molar-refractivity contribution in [1.82, 2.24) is 15.2 Å². The first-order chi connectivity index (χ1) is 14.6. The Morgan fingerprint density at radius 1 is 1.23 bits per heavy atom. The van der Waals surface area contributed by atoms with Crippen LogP contribution < -0.4 is 10.2 Å². The number of hydrogen-bond donors (Lipinski definition) is 1. The van der Waals surface area contributed by atoms with E-state index in [-0.39, 0.29) is 23.7 Å². The van der Waals surface area contributed by atoms with Gasteiger partial charge in [0.1, 0.15) is 11.6 Å². The topological polar surface area (TPSA) is 48.5 Å². The first kappa shape index (κ1) is 23.0. The van der Waals surface area contributed by atoms with Gasteiger partial charge in [-0.1, -0.05) is 12.1 Å². The van der Waals surface area contributed by atoms with Gasteiger partial charge in [0.2, 0.25) is 5.91 Å². The lowest BCUT2D eigenvalue weighted by Crippen LogP contribution is -2.43. The van der Waals surface area contributed by atoms with E-state index in [4.69, 9.17) is 0 Å². The fourth-order valence-corrected chi connectivity index (χ4v) is 3.77. The number of aromatic nitrogens is 1. The molecule has 0 bridgehead atoms. The molecule has 0 saturated carbocycles. The van der Waals surface area contributed by atoms with Crippen LogP contribution in [0.5, 0.6) is 0 Å². The first-order valence-electron chi connectivity index (χ1n) is 10.1. The molecule has 0 aliphatic carbocycles. The minimum absolute atomic E-state index is 0.0664. The highest BCUT2D eigenvalue weighted by Crippen LogP contribution is 2.30. The van der Waals surface area contributed by atoms with Crippen molar-refractivity contribution in [3.8, 4) is 0 Å². The molecule has 0 radical (unpaired) electrons. The maximum atomic E-state index is 13.6. The van der Waals surface area contributed by atoms with Gasteiger partial charge in [0.15, 0.2) is 0 Å². The molecule has 31 heavy (non-hydrogen) atoms. The zero-order valence-corrected chi connectivity index (χ0v) is 17.5. The van der Waals surface area contributed by atoms with Crippen molar-refractivity contribution in [2.24, 2.45) is 5.92 Å². The van der Waals surface area contributed by atoms with Crippen molar-refractivity contribution in [3.63, 3.8) is 0 Å². The summed E-state index contributed by atoms with van der Waals surface area (Å²) >= 11 is 0. The number of carbonyl (C=O) groups excluding carboxylic acids is 1. The summed E-state index contributed by atoms with van der Waals surface area (Å²) in [5.74, 6) is -0.0881. The average molecular weight is 438 g/mol. The van der Waals surface area contributed by atoms with Gasteiger partial charge in [-0.25, -0.2) is 9.37 Å². The Kier molecular flexibility index (Phi) is 7.15. The standard InChI is InChI=1S/C22H26F4N4O/c1-29(2)19(16-4-3-5-18(23)12-16)14-28-21(31)15-8-10-30(11-9-15)20-7-6-17(13-27-20)22(24,25)26/h3-7,12-13,15,19H,8-11,14H2,1-2H3,(H,28,31)/t19-/m1/s1. The van der Waals surface area contributed by atoms with Gasteiger partial charge >= 0.3 is 6.18 Å². The Labute approximate surface area is 179 Å². The number of piperidine rings is 1. The van der Waals surface area contributed by atoms with E-state index in [9.17, 15) is 22.4 Å². The van der Waals surface area contributed by atoms with Crippen LogP contribution in [0.4, 0.5) is 23.4 Å². The third-order valence-corrected chi connectivity index (χ3v) is 5.59. The van der Waals surface area contributed by atoms with E-state index in [0.29, 0.717) is 38.3 Å². The maximum absolute atomic E-state index is 13.6. The number of nitrogens with one attached hydrogen (secondary N) is 1. The number of amides is 1. The lowest BCUT2D eigenvalue weighted by atomic mass is 9.95. The molecule has 0 spiro atoms. The highest BCUT2D eigenvalue weighted by atomic mass is 19.4. The maximum Gasteiger partial charge on any atom is 0.417 e. The summed E-state index contributed by atoms with van der Waals surface area (Å²) in [5, 5.41) is 2.97. The Morgan fingerprint density at radius 3 is 2.48 bits per heavy atom. The number of nitrogens with zero attached hydrogens (tertiary/aromatic N) is 3. The molecule has 1 aliphatic rings. The normalized spacial score (nSPS) is 16.4. The summed E-state index contributed by atoms with van der Waals surface area (Å²) in [5.41, 5.74) is 0.00718. The van der Waals surface area contributed by atoms with Gasteiger partial charge < -0.3 is 15.1 Å². The van der Waals surface area contributed by atoms with E-state index in [1.165, 1.54) is 18.2 Å². The van der Waals surface area contributed by atoms with E-state index < -0.39 is 11.7 Å². The second-order valence-corrected chi connectivity index (χ2v) is 7.94. The second kappa shape index (κ2) is 9.64. The number of pyridine rings is 1.